The first-order valence-electron chi connectivity index (χ1n) is 3.69. The van der Waals surface area contributed by atoms with Gasteiger partial charge in [0.25, 0.3) is 0 Å². The molecule has 2 N–H and O–H groups in total. The number of halogens is 1. The molecule has 0 aromatic carbocycles. The molecule has 0 unspecified atom stereocenters. The number of rotatable bonds is 1. The van der Waals surface area contributed by atoms with Gasteiger partial charge in [-0.15, -0.1) is 5.10 Å². The van der Waals surface area contributed by atoms with Crippen molar-refractivity contribution in [3.8, 4) is 5.82 Å². The number of aromatic nitrogens is 3. The molecular formula is C8H7IN4. The van der Waals surface area contributed by atoms with Crippen molar-refractivity contribution in [3.63, 3.8) is 0 Å². The van der Waals surface area contributed by atoms with Gasteiger partial charge in [-0.3, -0.25) is 0 Å². The third-order valence-electron chi connectivity index (χ3n) is 1.56. The van der Waals surface area contributed by atoms with Gasteiger partial charge >= 0.3 is 0 Å². The summed E-state index contributed by atoms with van der Waals surface area (Å²) in [5.74, 6) is 1.28. The molecule has 2 aromatic rings. The Bertz CT molecular complexity index is 406. The van der Waals surface area contributed by atoms with Crippen LogP contribution in [0.1, 0.15) is 0 Å². The lowest BCUT2D eigenvalue weighted by Gasteiger charge is -1.98. The molecule has 2 aromatic heterocycles. The summed E-state index contributed by atoms with van der Waals surface area (Å²) in [5.41, 5.74) is 5.48. The number of hydrogen-bond acceptors (Lipinski definition) is 3. The Kier molecular flexibility index (Phi) is 2.17. The zero-order valence-electron chi connectivity index (χ0n) is 6.68. The Balaban J connectivity index is 2.41. The van der Waals surface area contributed by atoms with Gasteiger partial charge in [0.15, 0.2) is 5.82 Å². The highest BCUT2D eigenvalue weighted by molar-refractivity contribution is 14.1. The number of nitrogen functional groups attached to an aromatic ring is 1. The molecule has 0 spiro atoms. The van der Waals surface area contributed by atoms with E-state index in [0.717, 1.165) is 9.39 Å². The van der Waals surface area contributed by atoms with Crippen molar-refractivity contribution in [2.24, 2.45) is 0 Å². The van der Waals surface area contributed by atoms with Crippen LogP contribution in [0, 0.1) is 3.57 Å². The van der Waals surface area contributed by atoms with Crippen LogP contribution in [0.2, 0.25) is 0 Å². The Morgan fingerprint density at radius 3 is 2.69 bits per heavy atom. The molecule has 2 heterocycles. The maximum absolute atomic E-state index is 5.48. The monoisotopic (exact) mass is 286 g/mol. The van der Waals surface area contributed by atoms with Crippen LogP contribution in [0.3, 0.4) is 0 Å². The topological polar surface area (TPSA) is 56.7 Å². The van der Waals surface area contributed by atoms with Crippen molar-refractivity contribution in [2.45, 2.75) is 0 Å². The Hall–Kier alpha value is -1.11. The van der Waals surface area contributed by atoms with Crippen molar-refractivity contribution < 1.29 is 0 Å². The third-order valence-corrected chi connectivity index (χ3v) is 2.19. The summed E-state index contributed by atoms with van der Waals surface area (Å²) in [6, 6.07) is 5.61. The Labute approximate surface area is 88.9 Å². The fourth-order valence-corrected chi connectivity index (χ4v) is 1.29. The lowest BCUT2D eigenvalue weighted by Crippen LogP contribution is -1.98. The minimum Gasteiger partial charge on any atom is -0.382 e. The second-order valence-corrected chi connectivity index (χ2v) is 3.77. The van der Waals surface area contributed by atoms with Gasteiger partial charge in [0.1, 0.15) is 5.82 Å². The molecule has 0 atom stereocenters. The van der Waals surface area contributed by atoms with E-state index in [4.69, 9.17) is 5.73 Å². The lowest BCUT2D eigenvalue weighted by molar-refractivity contribution is 0.850. The zero-order valence-corrected chi connectivity index (χ0v) is 8.84. The first-order valence-corrected chi connectivity index (χ1v) is 4.76. The molecule has 0 aliphatic heterocycles. The average Bonchev–Trinajstić information content (AvgIpc) is 2.53. The molecule has 4 nitrogen and oxygen atoms in total. The Morgan fingerprint density at radius 1 is 1.31 bits per heavy atom. The number of anilines is 1. The van der Waals surface area contributed by atoms with E-state index in [1.165, 1.54) is 0 Å². The maximum atomic E-state index is 5.48. The largest absolute Gasteiger partial charge is 0.382 e. The second kappa shape index (κ2) is 3.33. The van der Waals surface area contributed by atoms with Crippen LogP contribution < -0.4 is 5.73 Å². The molecule has 0 fully saturated rings. The normalized spacial score (nSPS) is 10.2. The van der Waals surface area contributed by atoms with Crippen molar-refractivity contribution in [3.05, 3.63) is 34.2 Å². The summed E-state index contributed by atoms with van der Waals surface area (Å²) in [7, 11) is 0. The molecule has 2 rings (SSSR count). The smallest absolute Gasteiger partial charge is 0.153 e. The van der Waals surface area contributed by atoms with Gasteiger partial charge in [-0.1, -0.05) is 0 Å². The molecular weight excluding hydrogens is 279 g/mol. The summed E-state index contributed by atoms with van der Waals surface area (Å²) in [6.45, 7) is 0. The summed E-state index contributed by atoms with van der Waals surface area (Å²) < 4.78 is 2.74. The van der Waals surface area contributed by atoms with Gasteiger partial charge in [-0.05, 0) is 34.7 Å². The van der Waals surface area contributed by atoms with E-state index in [2.05, 4.69) is 32.7 Å². The van der Waals surface area contributed by atoms with Gasteiger partial charge in [-0.2, -0.15) is 0 Å². The van der Waals surface area contributed by atoms with Gasteiger partial charge in [0, 0.05) is 22.0 Å². The molecule has 66 valence electrons. The first kappa shape index (κ1) is 8.49. The minimum absolute atomic E-state index is 0.500. The third kappa shape index (κ3) is 1.80. The van der Waals surface area contributed by atoms with Crippen molar-refractivity contribution >= 4 is 28.4 Å². The molecule has 5 heteroatoms. The fraction of sp³-hybridized carbons (Fsp3) is 0. The summed E-state index contributed by atoms with van der Waals surface area (Å²) in [6.07, 6.45) is 3.57. The maximum Gasteiger partial charge on any atom is 0.153 e. The number of hydrogen-bond donors (Lipinski definition) is 1. The number of nitrogens with two attached hydrogens (primary N) is 1. The molecule has 0 saturated carbocycles. The summed E-state index contributed by atoms with van der Waals surface area (Å²) in [4.78, 5) is 4.20. The van der Waals surface area contributed by atoms with E-state index in [1.807, 2.05) is 12.1 Å². The molecule has 0 radical (unpaired) electrons. The van der Waals surface area contributed by atoms with Crippen molar-refractivity contribution in [2.75, 3.05) is 5.73 Å². The lowest BCUT2D eigenvalue weighted by atomic mass is 10.5. The second-order valence-electron chi connectivity index (χ2n) is 2.52. The highest BCUT2D eigenvalue weighted by Crippen LogP contribution is 2.07. The highest BCUT2D eigenvalue weighted by atomic mass is 127. The molecule has 0 amide bonds. The standard InChI is InChI=1S/C8H7IN4/c9-6-1-2-8(11-5-6)13-4-3-7(10)12-13/h1-5H,(H2,10,12). The predicted octanol–water partition coefficient (Wildman–Crippen LogP) is 1.45. The van der Waals surface area contributed by atoms with Gasteiger partial charge < -0.3 is 5.73 Å². The van der Waals surface area contributed by atoms with Crippen LogP contribution in [0.5, 0.6) is 0 Å². The van der Waals surface area contributed by atoms with E-state index in [0.29, 0.717) is 5.82 Å². The molecule has 0 saturated heterocycles. The van der Waals surface area contributed by atoms with Crippen LogP contribution in [-0.4, -0.2) is 14.8 Å². The average molecular weight is 286 g/mol. The fourth-order valence-electron chi connectivity index (χ4n) is 0.969. The van der Waals surface area contributed by atoms with Gasteiger partial charge in [0.05, 0.1) is 0 Å². The van der Waals surface area contributed by atoms with E-state index in [9.17, 15) is 0 Å². The minimum atomic E-state index is 0.500. The van der Waals surface area contributed by atoms with Crippen LogP contribution in [-0.2, 0) is 0 Å². The quantitative estimate of drug-likeness (QED) is 0.807. The van der Waals surface area contributed by atoms with Crippen molar-refractivity contribution in [1.29, 1.82) is 0 Å². The molecule has 0 bridgehead atoms. The zero-order chi connectivity index (χ0) is 9.26. The molecule has 0 aliphatic rings. The molecule has 0 aliphatic carbocycles. The van der Waals surface area contributed by atoms with E-state index < -0.39 is 0 Å². The van der Waals surface area contributed by atoms with Crippen LogP contribution in [0.4, 0.5) is 5.82 Å². The van der Waals surface area contributed by atoms with Crippen LogP contribution in [0.15, 0.2) is 30.6 Å². The first-order chi connectivity index (χ1) is 6.25. The van der Waals surface area contributed by atoms with Crippen molar-refractivity contribution in [1.82, 2.24) is 14.8 Å². The SMILES string of the molecule is Nc1ccn(-c2ccc(I)cn2)n1. The number of nitrogens with zero attached hydrogens (tertiary/aromatic N) is 3. The highest BCUT2D eigenvalue weighted by Gasteiger charge is 1.98. The summed E-state index contributed by atoms with van der Waals surface area (Å²) >= 11 is 2.20. The van der Waals surface area contributed by atoms with E-state index >= 15 is 0 Å². The predicted molar refractivity (Wildman–Crippen MR) is 58.5 cm³/mol. The van der Waals surface area contributed by atoms with E-state index in [-0.39, 0.29) is 0 Å². The molecule has 13 heavy (non-hydrogen) atoms. The number of pyridine rings is 1. The Morgan fingerprint density at radius 2 is 2.15 bits per heavy atom. The van der Waals surface area contributed by atoms with Gasteiger partial charge in [0.2, 0.25) is 0 Å². The van der Waals surface area contributed by atoms with Crippen LogP contribution in [0.25, 0.3) is 5.82 Å². The summed E-state index contributed by atoms with van der Waals surface area (Å²) in [5, 5.41) is 4.04. The van der Waals surface area contributed by atoms with E-state index in [1.54, 1.807) is 23.1 Å². The van der Waals surface area contributed by atoms with Crippen LogP contribution >= 0.6 is 22.6 Å². The van der Waals surface area contributed by atoms with Gasteiger partial charge in [-0.25, -0.2) is 9.67 Å².